The second kappa shape index (κ2) is 7.52. The number of benzene rings is 1. The predicted octanol–water partition coefficient (Wildman–Crippen LogP) is 1.33. The number of cyclic esters (lactones) is 1. The summed E-state index contributed by atoms with van der Waals surface area (Å²) in [5.74, 6) is 0.551. The highest BCUT2D eigenvalue weighted by atomic mass is 16.6. The van der Waals surface area contributed by atoms with Gasteiger partial charge >= 0.3 is 6.09 Å². The number of rotatable bonds is 7. The van der Waals surface area contributed by atoms with Crippen LogP contribution in [0.25, 0.3) is 0 Å². The summed E-state index contributed by atoms with van der Waals surface area (Å²) in [4.78, 5) is 24.5. The third-order valence-corrected chi connectivity index (χ3v) is 3.22. The molecule has 1 fully saturated rings. The molecule has 1 N–H and O–H groups in total. The van der Waals surface area contributed by atoms with E-state index in [0.29, 0.717) is 38.4 Å². The number of ether oxygens (including phenoxy) is 2. The summed E-state index contributed by atoms with van der Waals surface area (Å²) in [6.45, 7) is 4.12. The normalized spacial score (nSPS) is 14.0. The Balaban J connectivity index is 1.59. The van der Waals surface area contributed by atoms with Gasteiger partial charge in [0.05, 0.1) is 6.54 Å². The molecule has 2 amide bonds. The standard InChI is InChI=1S/C15H20N2O4/c1-12-5-2-3-6-13(12)21-11-14(18)16-7-4-8-17-9-10-20-15(17)19/h2-3,5-6H,4,7-11H2,1H3,(H,16,18). The summed E-state index contributed by atoms with van der Waals surface area (Å²) in [7, 11) is 0. The smallest absolute Gasteiger partial charge is 0.409 e. The maximum absolute atomic E-state index is 11.6. The van der Waals surface area contributed by atoms with Gasteiger partial charge in [-0.25, -0.2) is 4.79 Å². The van der Waals surface area contributed by atoms with Crippen LogP contribution in [0.5, 0.6) is 5.75 Å². The largest absolute Gasteiger partial charge is 0.484 e. The minimum absolute atomic E-state index is 0.00336. The van der Waals surface area contributed by atoms with Gasteiger partial charge in [0.25, 0.3) is 5.91 Å². The van der Waals surface area contributed by atoms with E-state index < -0.39 is 0 Å². The van der Waals surface area contributed by atoms with Crippen molar-refractivity contribution in [2.75, 3.05) is 32.8 Å². The van der Waals surface area contributed by atoms with Gasteiger partial charge in [-0.1, -0.05) is 18.2 Å². The first kappa shape index (κ1) is 15.2. The van der Waals surface area contributed by atoms with Crippen LogP contribution < -0.4 is 10.1 Å². The van der Waals surface area contributed by atoms with Crippen molar-refractivity contribution in [3.8, 4) is 5.75 Å². The molecule has 0 aliphatic carbocycles. The molecular weight excluding hydrogens is 272 g/mol. The van der Waals surface area contributed by atoms with Crippen molar-refractivity contribution >= 4 is 12.0 Å². The average Bonchev–Trinajstić information content (AvgIpc) is 2.88. The van der Waals surface area contributed by atoms with E-state index in [4.69, 9.17) is 9.47 Å². The average molecular weight is 292 g/mol. The summed E-state index contributed by atoms with van der Waals surface area (Å²) >= 11 is 0. The van der Waals surface area contributed by atoms with Crippen molar-refractivity contribution in [1.82, 2.24) is 10.2 Å². The number of nitrogens with one attached hydrogen (secondary N) is 1. The van der Waals surface area contributed by atoms with Crippen molar-refractivity contribution in [3.05, 3.63) is 29.8 Å². The zero-order chi connectivity index (χ0) is 15.1. The Morgan fingerprint density at radius 3 is 2.95 bits per heavy atom. The highest BCUT2D eigenvalue weighted by Gasteiger charge is 2.20. The fourth-order valence-corrected chi connectivity index (χ4v) is 2.04. The second-order valence-corrected chi connectivity index (χ2v) is 4.86. The van der Waals surface area contributed by atoms with Gasteiger partial charge in [-0.15, -0.1) is 0 Å². The van der Waals surface area contributed by atoms with Gasteiger partial charge in [0, 0.05) is 13.1 Å². The van der Waals surface area contributed by atoms with Gasteiger partial charge in [-0.2, -0.15) is 0 Å². The third kappa shape index (κ3) is 4.66. The molecule has 1 aromatic carbocycles. The van der Waals surface area contributed by atoms with Crippen molar-refractivity contribution in [2.24, 2.45) is 0 Å². The van der Waals surface area contributed by atoms with Crippen molar-refractivity contribution in [1.29, 1.82) is 0 Å². The molecule has 1 aliphatic heterocycles. The third-order valence-electron chi connectivity index (χ3n) is 3.22. The Bertz CT molecular complexity index is 504. The first-order valence-corrected chi connectivity index (χ1v) is 7.03. The van der Waals surface area contributed by atoms with Gasteiger partial charge < -0.3 is 19.7 Å². The van der Waals surface area contributed by atoms with E-state index in [1.54, 1.807) is 4.90 Å². The molecule has 0 radical (unpaired) electrons. The zero-order valence-corrected chi connectivity index (χ0v) is 12.1. The van der Waals surface area contributed by atoms with Crippen LogP contribution in [0.15, 0.2) is 24.3 Å². The summed E-state index contributed by atoms with van der Waals surface area (Å²) < 4.78 is 10.3. The highest BCUT2D eigenvalue weighted by Crippen LogP contribution is 2.15. The van der Waals surface area contributed by atoms with Gasteiger partial charge in [0.15, 0.2) is 6.61 Å². The Morgan fingerprint density at radius 1 is 1.43 bits per heavy atom. The second-order valence-electron chi connectivity index (χ2n) is 4.86. The molecule has 0 saturated carbocycles. The quantitative estimate of drug-likeness (QED) is 0.770. The Hall–Kier alpha value is -2.24. The van der Waals surface area contributed by atoms with Crippen LogP contribution in [-0.4, -0.2) is 49.7 Å². The fraction of sp³-hybridized carbons (Fsp3) is 0.467. The minimum atomic E-state index is -0.274. The lowest BCUT2D eigenvalue weighted by molar-refractivity contribution is -0.123. The number of amides is 2. The van der Waals surface area contributed by atoms with E-state index in [1.165, 1.54) is 0 Å². The van der Waals surface area contributed by atoms with Crippen LogP contribution >= 0.6 is 0 Å². The molecule has 1 aliphatic rings. The number of hydrogen-bond acceptors (Lipinski definition) is 4. The molecule has 6 nitrogen and oxygen atoms in total. The summed E-state index contributed by atoms with van der Waals surface area (Å²) in [5.41, 5.74) is 0.998. The minimum Gasteiger partial charge on any atom is -0.484 e. The molecule has 114 valence electrons. The highest BCUT2D eigenvalue weighted by molar-refractivity contribution is 5.77. The molecule has 6 heteroatoms. The van der Waals surface area contributed by atoms with E-state index in [2.05, 4.69) is 5.32 Å². The SMILES string of the molecule is Cc1ccccc1OCC(=O)NCCCN1CCOC1=O. The molecule has 21 heavy (non-hydrogen) atoms. The van der Waals surface area contributed by atoms with E-state index in [1.807, 2.05) is 31.2 Å². The molecule has 0 aromatic heterocycles. The van der Waals surface area contributed by atoms with E-state index >= 15 is 0 Å². The molecular formula is C15H20N2O4. The Labute approximate surface area is 124 Å². The van der Waals surface area contributed by atoms with Crippen molar-refractivity contribution in [2.45, 2.75) is 13.3 Å². The molecule has 0 bridgehead atoms. The fourth-order valence-electron chi connectivity index (χ4n) is 2.04. The Morgan fingerprint density at radius 2 is 2.24 bits per heavy atom. The number of para-hydroxylation sites is 1. The summed E-state index contributed by atoms with van der Waals surface area (Å²) in [6.07, 6.45) is 0.426. The maximum atomic E-state index is 11.6. The van der Waals surface area contributed by atoms with E-state index in [-0.39, 0.29) is 18.6 Å². The number of aryl methyl sites for hydroxylation is 1. The lowest BCUT2D eigenvalue weighted by Gasteiger charge is -2.13. The number of carbonyl (C=O) groups is 2. The predicted molar refractivity (Wildman–Crippen MR) is 77.2 cm³/mol. The van der Waals surface area contributed by atoms with E-state index in [9.17, 15) is 9.59 Å². The molecule has 0 spiro atoms. The van der Waals surface area contributed by atoms with Crippen LogP contribution in [0.1, 0.15) is 12.0 Å². The molecule has 2 rings (SSSR count). The van der Waals surface area contributed by atoms with Crippen LogP contribution in [-0.2, 0) is 9.53 Å². The Kier molecular flexibility index (Phi) is 5.43. The number of nitrogens with zero attached hydrogens (tertiary/aromatic N) is 1. The van der Waals surface area contributed by atoms with Crippen molar-refractivity contribution in [3.63, 3.8) is 0 Å². The van der Waals surface area contributed by atoms with E-state index in [0.717, 1.165) is 5.56 Å². The number of carbonyl (C=O) groups excluding carboxylic acids is 2. The van der Waals surface area contributed by atoms with Crippen LogP contribution in [0.2, 0.25) is 0 Å². The first-order chi connectivity index (χ1) is 10.2. The van der Waals surface area contributed by atoms with Gasteiger partial charge in [0.2, 0.25) is 0 Å². The topological polar surface area (TPSA) is 67.9 Å². The zero-order valence-electron chi connectivity index (χ0n) is 12.1. The van der Waals surface area contributed by atoms with Crippen LogP contribution in [0.4, 0.5) is 4.79 Å². The molecule has 0 atom stereocenters. The molecule has 1 saturated heterocycles. The molecule has 1 aromatic rings. The summed E-state index contributed by atoms with van der Waals surface area (Å²) in [5, 5.41) is 2.77. The lowest BCUT2D eigenvalue weighted by atomic mass is 10.2. The molecule has 1 heterocycles. The maximum Gasteiger partial charge on any atom is 0.409 e. The number of hydrogen-bond donors (Lipinski definition) is 1. The molecule has 0 unspecified atom stereocenters. The van der Waals surface area contributed by atoms with Crippen LogP contribution in [0.3, 0.4) is 0 Å². The van der Waals surface area contributed by atoms with Crippen LogP contribution in [0, 0.1) is 6.92 Å². The van der Waals surface area contributed by atoms with Crippen molar-refractivity contribution < 1.29 is 19.1 Å². The van der Waals surface area contributed by atoms with Gasteiger partial charge in [0.1, 0.15) is 12.4 Å². The van der Waals surface area contributed by atoms with Gasteiger partial charge in [-0.3, -0.25) is 4.79 Å². The lowest BCUT2D eigenvalue weighted by Crippen LogP contribution is -2.33. The first-order valence-electron chi connectivity index (χ1n) is 7.03. The van der Waals surface area contributed by atoms with Gasteiger partial charge in [-0.05, 0) is 25.0 Å². The monoisotopic (exact) mass is 292 g/mol. The summed E-state index contributed by atoms with van der Waals surface area (Å²) in [6, 6.07) is 7.56.